The lowest BCUT2D eigenvalue weighted by molar-refractivity contribution is 0.268. The van der Waals surface area contributed by atoms with Crippen LogP contribution in [0.15, 0.2) is 0 Å². The highest BCUT2D eigenvalue weighted by Crippen LogP contribution is 2.15. The van der Waals surface area contributed by atoms with Gasteiger partial charge in [0.15, 0.2) is 0 Å². The highest BCUT2D eigenvalue weighted by Gasteiger charge is 2.21. The van der Waals surface area contributed by atoms with Crippen molar-refractivity contribution in [2.24, 2.45) is 5.92 Å². The van der Waals surface area contributed by atoms with E-state index >= 15 is 0 Å². The van der Waals surface area contributed by atoms with Gasteiger partial charge in [0.05, 0.1) is 5.75 Å². The van der Waals surface area contributed by atoms with Gasteiger partial charge in [-0.25, -0.2) is 13.1 Å². The van der Waals surface area contributed by atoms with Crippen molar-refractivity contribution in [3.05, 3.63) is 0 Å². The fourth-order valence-corrected chi connectivity index (χ4v) is 2.64. The molecule has 0 saturated carbocycles. The smallest absolute Gasteiger partial charge is 0.211 e. The Hall–Kier alpha value is -0.130. The van der Waals surface area contributed by atoms with Gasteiger partial charge in [0, 0.05) is 13.2 Å². The van der Waals surface area contributed by atoms with Crippen molar-refractivity contribution in [1.29, 1.82) is 0 Å². The summed E-state index contributed by atoms with van der Waals surface area (Å²) < 4.78 is 24.3. The van der Waals surface area contributed by atoms with E-state index in [1.54, 1.807) is 0 Å². The van der Waals surface area contributed by atoms with Gasteiger partial charge in [-0.3, -0.25) is 0 Å². The van der Waals surface area contributed by atoms with Gasteiger partial charge in [0.2, 0.25) is 10.0 Å². The van der Waals surface area contributed by atoms with Crippen LogP contribution in [-0.4, -0.2) is 32.4 Å². The second-order valence-corrected chi connectivity index (χ2v) is 5.11. The summed E-state index contributed by atoms with van der Waals surface area (Å²) in [7, 11) is -2.95. The van der Waals surface area contributed by atoms with E-state index in [9.17, 15) is 8.42 Å². The predicted octanol–water partition coefficient (Wildman–Crippen LogP) is -0.302. The summed E-state index contributed by atoms with van der Waals surface area (Å²) in [5.74, 6) is 0.656. The predicted molar refractivity (Wildman–Crippen MR) is 46.2 cm³/mol. The summed E-state index contributed by atoms with van der Waals surface area (Å²) in [5.41, 5.74) is 0. The molecule has 1 saturated heterocycles. The number of hydrogen-bond donors (Lipinski definition) is 2. The Labute approximate surface area is 73.0 Å². The van der Waals surface area contributed by atoms with E-state index < -0.39 is 10.0 Å². The first kappa shape index (κ1) is 9.95. The third-order valence-electron chi connectivity index (χ3n) is 2.16. The molecule has 1 aliphatic rings. The minimum Gasteiger partial charge on any atom is -0.396 e. The summed E-state index contributed by atoms with van der Waals surface area (Å²) in [6, 6.07) is 0. The molecule has 1 fully saturated rings. The van der Waals surface area contributed by atoms with E-state index in [1.807, 2.05) is 0 Å². The van der Waals surface area contributed by atoms with Gasteiger partial charge in [-0.2, -0.15) is 0 Å². The molecule has 1 unspecified atom stereocenters. The summed E-state index contributed by atoms with van der Waals surface area (Å²) in [4.78, 5) is 0. The van der Waals surface area contributed by atoms with Crippen LogP contribution in [0.5, 0.6) is 0 Å². The van der Waals surface area contributed by atoms with Crippen molar-refractivity contribution in [2.75, 3.05) is 18.9 Å². The van der Waals surface area contributed by atoms with Gasteiger partial charge in [-0.15, -0.1) is 0 Å². The number of aliphatic hydroxyl groups excluding tert-OH is 1. The van der Waals surface area contributed by atoms with Crippen LogP contribution in [0.2, 0.25) is 0 Å². The fourth-order valence-electron chi connectivity index (χ4n) is 1.37. The van der Waals surface area contributed by atoms with Crippen molar-refractivity contribution in [3.8, 4) is 0 Å². The van der Waals surface area contributed by atoms with Crippen LogP contribution in [0.25, 0.3) is 0 Å². The maximum atomic E-state index is 10.9. The van der Waals surface area contributed by atoms with E-state index in [1.165, 1.54) is 0 Å². The van der Waals surface area contributed by atoms with Gasteiger partial charge >= 0.3 is 0 Å². The maximum absolute atomic E-state index is 10.9. The summed E-state index contributed by atoms with van der Waals surface area (Å²) in [5, 5.41) is 8.56. The molecule has 1 atom stereocenters. The lowest BCUT2D eigenvalue weighted by atomic mass is 10.0. The van der Waals surface area contributed by atoms with Crippen molar-refractivity contribution in [3.63, 3.8) is 0 Å². The molecule has 4 nitrogen and oxygen atoms in total. The van der Waals surface area contributed by atoms with E-state index in [4.69, 9.17) is 5.11 Å². The maximum Gasteiger partial charge on any atom is 0.211 e. The van der Waals surface area contributed by atoms with Crippen LogP contribution in [0.1, 0.15) is 19.3 Å². The second-order valence-electron chi connectivity index (χ2n) is 3.19. The molecule has 1 rings (SSSR count). The lowest BCUT2D eigenvalue weighted by Gasteiger charge is -2.22. The largest absolute Gasteiger partial charge is 0.396 e. The Morgan fingerprint density at radius 1 is 1.50 bits per heavy atom. The lowest BCUT2D eigenvalue weighted by Crippen LogP contribution is -2.37. The minimum atomic E-state index is -2.95. The van der Waals surface area contributed by atoms with Crippen molar-refractivity contribution >= 4 is 10.0 Å². The molecule has 0 bridgehead atoms. The molecule has 0 amide bonds. The van der Waals surface area contributed by atoms with Gasteiger partial charge in [-0.1, -0.05) is 0 Å². The van der Waals surface area contributed by atoms with Crippen molar-refractivity contribution < 1.29 is 13.5 Å². The van der Waals surface area contributed by atoms with Crippen LogP contribution >= 0.6 is 0 Å². The Morgan fingerprint density at radius 2 is 2.25 bits per heavy atom. The van der Waals surface area contributed by atoms with Gasteiger partial charge in [0.25, 0.3) is 0 Å². The van der Waals surface area contributed by atoms with E-state index in [2.05, 4.69) is 4.72 Å². The number of sulfonamides is 1. The number of nitrogens with one attached hydrogen (secondary N) is 1. The monoisotopic (exact) mass is 193 g/mol. The first-order valence-corrected chi connectivity index (χ1v) is 5.87. The van der Waals surface area contributed by atoms with Gasteiger partial charge < -0.3 is 5.11 Å². The van der Waals surface area contributed by atoms with Gasteiger partial charge in [0.1, 0.15) is 0 Å². The average Bonchev–Trinajstić information content (AvgIpc) is 2.03. The molecule has 5 heteroatoms. The quantitative estimate of drug-likeness (QED) is 0.646. The number of rotatable bonds is 3. The topological polar surface area (TPSA) is 66.4 Å². The van der Waals surface area contributed by atoms with Crippen molar-refractivity contribution in [2.45, 2.75) is 19.3 Å². The Balaban J connectivity index is 2.27. The average molecular weight is 193 g/mol. The molecule has 0 aliphatic carbocycles. The number of hydrogen-bond acceptors (Lipinski definition) is 3. The molecule has 0 radical (unpaired) electrons. The molecule has 0 spiro atoms. The summed E-state index contributed by atoms with van der Waals surface area (Å²) in [6.07, 6.45) is 2.42. The first-order valence-electron chi connectivity index (χ1n) is 4.22. The van der Waals surface area contributed by atoms with E-state index in [0.29, 0.717) is 12.5 Å². The third kappa shape index (κ3) is 3.08. The SMILES string of the molecule is O=S1(=O)CCC(CCCO)CN1. The molecule has 0 aromatic rings. The minimum absolute atomic E-state index is 0.198. The van der Waals surface area contributed by atoms with E-state index in [-0.39, 0.29) is 12.4 Å². The highest BCUT2D eigenvalue weighted by atomic mass is 32.2. The van der Waals surface area contributed by atoms with Gasteiger partial charge in [-0.05, 0) is 25.2 Å². The van der Waals surface area contributed by atoms with Crippen molar-refractivity contribution in [1.82, 2.24) is 4.72 Å². The highest BCUT2D eigenvalue weighted by molar-refractivity contribution is 7.89. The molecule has 2 N–H and O–H groups in total. The molecule has 1 heterocycles. The zero-order valence-electron chi connectivity index (χ0n) is 6.99. The Morgan fingerprint density at radius 3 is 2.75 bits per heavy atom. The molecule has 72 valence electrons. The Bertz CT molecular complexity index is 211. The molecule has 12 heavy (non-hydrogen) atoms. The molecule has 0 aromatic heterocycles. The fraction of sp³-hybridized carbons (Fsp3) is 1.00. The normalized spacial score (nSPS) is 28.6. The van der Waals surface area contributed by atoms with Crippen LogP contribution < -0.4 is 4.72 Å². The van der Waals surface area contributed by atoms with Crippen LogP contribution in [0.4, 0.5) is 0 Å². The summed E-state index contributed by atoms with van der Waals surface area (Å²) >= 11 is 0. The van der Waals surface area contributed by atoms with E-state index in [0.717, 1.165) is 19.3 Å². The standard InChI is InChI=1S/C7H15NO3S/c9-4-1-2-7-3-5-12(10,11)8-6-7/h7-9H,1-6H2. The molecule has 1 aliphatic heterocycles. The first-order chi connectivity index (χ1) is 5.64. The summed E-state index contributed by atoms with van der Waals surface area (Å²) in [6.45, 7) is 0.742. The Kier molecular flexibility index (Phi) is 3.49. The molecular weight excluding hydrogens is 178 g/mol. The molecule has 0 aromatic carbocycles. The van der Waals surface area contributed by atoms with Crippen LogP contribution in [0, 0.1) is 5.92 Å². The molecular formula is C7H15NO3S. The zero-order chi connectivity index (χ0) is 9.03. The van der Waals surface area contributed by atoms with Crippen LogP contribution in [0.3, 0.4) is 0 Å². The van der Waals surface area contributed by atoms with Crippen LogP contribution in [-0.2, 0) is 10.0 Å². The number of aliphatic hydroxyl groups is 1. The zero-order valence-corrected chi connectivity index (χ0v) is 7.81. The second kappa shape index (κ2) is 4.20. The third-order valence-corrected chi connectivity index (χ3v) is 3.54.